The summed E-state index contributed by atoms with van der Waals surface area (Å²) in [6.45, 7) is 4.34. The van der Waals surface area contributed by atoms with Crippen LogP contribution in [-0.4, -0.2) is 40.0 Å². The van der Waals surface area contributed by atoms with Crippen molar-refractivity contribution in [2.75, 3.05) is 13.1 Å². The molecule has 1 saturated heterocycles. The molecule has 1 aliphatic heterocycles. The number of hydrogen-bond donors (Lipinski definition) is 1. The highest BCUT2D eigenvalue weighted by molar-refractivity contribution is 7.09. The van der Waals surface area contributed by atoms with Crippen molar-refractivity contribution in [2.45, 2.75) is 20.3 Å². The van der Waals surface area contributed by atoms with E-state index in [1.807, 2.05) is 12.3 Å². The molecule has 1 N–H and O–H groups in total. The van der Waals surface area contributed by atoms with Gasteiger partial charge in [0.1, 0.15) is 0 Å². The highest BCUT2D eigenvalue weighted by Gasteiger charge is 2.41. The van der Waals surface area contributed by atoms with E-state index in [1.54, 1.807) is 17.9 Å². The van der Waals surface area contributed by atoms with Crippen LogP contribution in [0.5, 0.6) is 0 Å². The highest BCUT2D eigenvalue weighted by atomic mass is 32.1. The van der Waals surface area contributed by atoms with Gasteiger partial charge in [-0.15, -0.1) is 11.3 Å². The molecule has 1 atom stereocenters. The van der Waals surface area contributed by atoms with Gasteiger partial charge < -0.3 is 10.0 Å². The van der Waals surface area contributed by atoms with Crippen molar-refractivity contribution in [1.82, 2.24) is 9.88 Å². The molecule has 0 radical (unpaired) electrons. The number of carboxylic acids is 1. The van der Waals surface area contributed by atoms with Gasteiger partial charge in [-0.3, -0.25) is 9.59 Å². The molecule has 1 aromatic rings. The van der Waals surface area contributed by atoms with Crippen LogP contribution in [-0.2, 0) is 9.59 Å². The van der Waals surface area contributed by atoms with Crippen LogP contribution in [0.15, 0.2) is 11.5 Å². The summed E-state index contributed by atoms with van der Waals surface area (Å²) in [6, 6.07) is 0. The number of thiazole rings is 1. The number of carboxylic acid groups (broad SMARTS) is 1. The molecule has 102 valence electrons. The zero-order chi connectivity index (χ0) is 14.0. The normalized spacial score (nSPS) is 23.2. The molecular weight excluding hydrogens is 264 g/mol. The number of hydrogen-bond acceptors (Lipinski definition) is 4. The molecule has 5 nitrogen and oxygen atoms in total. The second kappa shape index (κ2) is 5.13. The van der Waals surface area contributed by atoms with Crippen LogP contribution in [0.3, 0.4) is 0 Å². The number of nitrogens with zero attached hydrogens (tertiary/aromatic N) is 2. The third-order valence-corrected chi connectivity index (χ3v) is 4.13. The molecular formula is C13H16N2O3S. The fourth-order valence-electron chi connectivity index (χ4n) is 2.04. The van der Waals surface area contributed by atoms with E-state index in [0.29, 0.717) is 13.0 Å². The number of likely N-dealkylation sites (tertiary alicyclic amines) is 1. The lowest BCUT2D eigenvalue weighted by atomic mass is 9.90. The van der Waals surface area contributed by atoms with E-state index >= 15 is 0 Å². The standard InChI is InChI=1S/C13H16N2O3S/c1-9-14-10(7-19-9)3-4-11(16)15-6-5-13(2,8-15)12(17)18/h3-4,7H,5-6,8H2,1-2H3,(H,17,18)/b4-3-/t13-/m1/s1. The lowest BCUT2D eigenvalue weighted by Gasteiger charge is -2.18. The molecule has 1 amide bonds. The minimum atomic E-state index is -0.845. The second-order valence-corrected chi connectivity index (χ2v) is 6.06. The molecule has 1 fully saturated rings. The van der Waals surface area contributed by atoms with Crippen LogP contribution in [0.2, 0.25) is 0 Å². The van der Waals surface area contributed by atoms with Gasteiger partial charge in [0, 0.05) is 24.5 Å². The van der Waals surface area contributed by atoms with Crippen LogP contribution in [0.4, 0.5) is 0 Å². The zero-order valence-corrected chi connectivity index (χ0v) is 11.7. The predicted molar refractivity (Wildman–Crippen MR) is 72.8 cm³/mol. The maximum Gasteiger partial charge on any atom is 0.311 e. The summed E-state index contributed by atoms with van der Waals surface area (Å²) in [7, 11) is 0. The first-order valence-corrected chi connectivity index (χ1v) is 6.91. The van der Waals surface area contributed by atoms with Gasteiger partial charge in [-0.05, 0) is 26.3 Å². The number of amides is 1. The Morgan fingerprint density at radius 3 is 2.84 bits per heavy atom. The van der Waals surface area contributed by atoms with Gasteiger partial charge in [-0.25, -0.2) is 4.98 Å². The number of aryl methyl sites for hydroxylation is 1. The van der Waals surface area contributed by atoms with E-state index in [1.165, 1.54) is 17.4 Å². The smallest absolute Gasteiger partial charge is 0.311 e. The summed E-state index contributed by atoms with van der Waals surface area (Å²) in [4.78, 5) is 28.9. The third-order valence-electron chi connectivity index (χ3n) is 3.33. The molecule has 0 saturated carbocycles. The first-order chi connectivity index (χ1) is 8.90. The molecule has 1 aliphatic rings. The van der Waals surface area contributed by atoms with Gasteiger partial charge in [0.2, 0.25) is 5.91 Å². The first kappa shape index (κ1) is 13.7. The second-order valence-electron chi connectivity index (χ2n) is 5.00. The Hall–Kier alpha value is -1.69. The van der Waals surface area contributed by atoms with Gasteiger partial charge in [0.25, 0.3) is 0 Å². The predicted octanol–water partition coefficient (Wildman–Crippen LogP) is 1.79. The lowest BCUT2D eigenvalue weighted by Crippen LogP contribution is -2.34. The van der Waals surface area contributed by atoms with Crippen molar-refractivity contribution in [3.63, 3.8) is 0 Å². The van der Waals surface area contributed by atoms with Crippen LogP contribution >= 0.6 is 11.3 Å². The number of rotatable bonds is 3. The van der Waals surface area contributed by atoms with Gasteiger partial charge >= 0.3 is 5.97 Å². The molecule has 6 heteroatoms. The topological polar surface area (TPSA) is 70.5 Å². The van der Waals surface area contributed by atoms with Crippen LogP contribution in [0, 0.1) is 12.3 Å². The van der Waals surface area contributed by atoms with Crippen molar-refractivity contribution in [3.8, 4) is 0 Å². The Bertz CT molecular complexity index is 538. The van der Waals surface area contributed by atoms with E-state index in [0.717, 1.165) is 10.7 Å². The van der Waals surface area contributed by atoms with Gasteiger partial charge in [-0.1, -0.05) is 0 Å². The minimum Gasteiger partial charge on any atom is -0.481 e. The van der Waals surface area contributed by atoms with Gasteiger partial charge in [0.05, 0.1) is 16.1 Å². The monoisotopic (exact) mass is 280 g/mol. The van der Waals surface area contributed by atoms with E-state index < -0.39 is 11.4 Å². The Labute approximate surface area is 115 Å². The first-order valence-electron chi connectivity index (χ1n) is 6.03. The maximum atomic E-state index is 12.0. The van der Waals surface area contributed by atoms with Gasteiger partial charge in [0.15, 0.2) is 0 Å². The Morgan fingerprint density at radius 1 is 1.58 bits per heavy atom. The number of aliphatic carboxylic acids is 1. The lowest BCUT2D eigenvalue weighted by molar-refractivity contribution is -0.147. The maximum absolute atomic E-state index is 12.0. The van der Waals surface area contributed by atoms with Crippen molar-refractivity contribution in [3.05, 3.63) is 22.2 Å². The molecule has 2 rings (SSSR count). The van der Waals surface area contributed by atoms with Crippen LogP contribution in [0.1, 0.15) is 24.0 Å². The van der Waals surface area contributed by atoms with Crippen molar-refractivity contribution >= 4 is 29.3 Å². The van der Waals surface area contributed by atoms with Gasteiger partial charge in [-0.2, -0.15) is 0 Å². The summed E-state index contributed by atoms with van der Waals surface area (Å²) < 4.78 is 0. The van der Waals surface area contributed by atoms with E-state index in [-0.39, 0.29) is 12.5 Å². The summed E-state index contributed by atoms with van der Waals surface area (Å²) in [5, 5.41) is 11.9. The quantitative estimate of drug-likeness (QED) is 0.857. The van der Waals surface area contributed by atoms with E-state index in [2.05, 4.69) is 4.98 Å². The zero-order valence-electron chi connectivity index (χ0n) is 10.9. The number of carbonyl (C=O) groups is 2. The Kier molecular flexibility index (Phi) is 3.71. The van der Waals surface area contributed by atoms with E-state index in [4.69, 9.17) is 5.11 Å². The summed E-state index contributed by atoms with van der Waals surface area (Å²) >= 11 is 1.53. The fourth-order valence-corrected chi connectivity index (χ4v) is 2.62. The SMILES string of the molecule is Cc1nc(/C=C\C(=O)N2CC[C@@](C)(C(=O)O)C2)cs1. The van der Waals surface area contributed by atoms with Crippen molar-refractivity contribution in [2.24, 2.45) is 5.41 Å². The molecule has 0 aliphatic carbocycles. The van der Waals surface area contributed by atoms with E-state index in [9.17, 15) is 9.59 Å². The summed E-state index contributed by atoms with van der Waals surface area (Å²) in [5.74, 6) is -1.00. The number of aromatic nitrogens is 1. The van der Waals surface area contributed by atoms with Crippen LogP contribution in [0.25, 0.3) is 6.08 Å². The molecule has 0 aromatic carbocycles. The highest BCUT2D eigenvalue weighted by Crippen LogP contribution is 2.30. The fraction of sp³-hybridized carbons (Fsp3) is 0.462. The average molecular weight is 280 g/mol. The average Bonchev–Trinajstić information content (AvgIpc) is 2.94. The Morgan fingerprint density at radius 2 is 2.32 bits per heavy atom. The largest absolute Gasteiger partial charge is 0.481 e. The Balaban J connectivity index is 1.99. The summed E-state index contributed by atoms with van der Waals surface area (Å²) in [6.07, 6.45) is 3.63. The molecule has 0 spiro atoms. The van der Waals surface area contributed by atoms with Crippen molar-refractivity contribution < 1.29 is 14.7 Å². The van der Waals surface area contributed by atoms with Crippen molar-refractivity contribution in [1.29, 1.82) is 0 Å². The molecule has 19 heavy (non-hydrogen) atoms. The van der Waals surface area contributed by atoms with Crippen LogP contribution < -0.4 is 0 Å². The molecule has 0 bridgehead atoms. The number of carbonyl (C=O) groups excluding carboxylic acids is 1. The third kappa shape index (κ3) is 3.01. The minimum absolute atomic E-state index is 0.157. The summed E-state index contributed by atoms with van der Waals surface area (Å²) in [5.41, 5.74) is -0.0585. The molecule has 1 aromatic heterocycles. The molecule has 0 unspecified atom stereocenters. The molecule has 2 heterocycles.